The highest BCUT2D eigenvalue weighted by atomic mass is 32.2. The summed E-state index contributed by atoms with van der Waals surface area (Å²) in [6.07, 6.45) is 3.65. The van der Waals surface area contributed by atoms with Crippen LogP contribution in [0.25, 0.3) is 0 Å². The van der Waals surface area contributed by atoms with E-state index in [1.54, 1.807) is 0 Å². The van der Waals surface area contributed by atoms with Gasteiger partial charge in [-0.15, -0.1) is 0 Å². The molecule has 1 rings (SSSR count). The number of thioether (sulfide) groups is 1. The molecule has 3 unspecified atom stereocenters. The van der Waals surface area contributed by atoms with E-state index in [1.165, 1.54) is 18.6 Å². The van der Waals surface area contributed by atoms with Gasteiger partial charge in [0.1, 0.15) is 0 Å². The second-order valence-electron chi connectivity index (χ2n) is 4.36. The van der Waals surface area contributed by atoms with Gasteiger partial charge in [-0.2, -0.15) is 11.8 Å². The van der Waals surface area contributed by atoms with Crippen molar-refractivity contribution < 1.29 is 5.11 Å². The lowest BCUT2D eigenvalue weighted by Crippen LogP contribution is -2.34. The fourth-order valence-electron chi connectivity index (χ4n) is 1.83. The first-order valence-corrected chi connectivity index (χ1v) is 6.74. The van der Waals surface area contributed by atoms with Crippen molar-refractivity contribution in [3.05, 3.63) is 0 Å². The molecule has 0 saturated carbocycles. The maximum Gasteiger partial charge on any atom is 0.0456 e. The van der Waals surface area contributed by atoms with Gasteiger partial charge in [-0.3, -0.25) is 0 Å². The van der Waals surface area contributed by atoms with Crippen LogP contribution in [0.1, 0.15) is 33.1 Å². The van der Waals surface area contributed by atoms with E-state index in [0.717, 1.165) is 24.3 Å². The quantitative estimate of drug-likeness (QED) is 0.666. The number of hydrogen-bond donors (Lipinski definition) is 2. The molecule has 14 heavy (non-hydrogen) atoms. The molecule has 0 aromatic heterocycles. The molecule has 3 atom stereocenters. The molecule has 2 nitrogen and oxygen atoms in total. The Labute approximate surface area is 91.9 Å². The number of nitrogens with one attached hydrogen (secondary N) is 1. The number of rotatable bonds is 6. The van der Waals surface area contributed by atoms with E-state index in [9.17, 15) is 0 Å². The van der Waals surface area contributed by atoms with Crippen molar-refractivity contribution in [2.45, 2.75) is 44.4 Å². The Bertz CT molecular complexity index is 154. The predicted molar refractivity (Wildman–Crippen MR) is 63.8 cm³/mol. The molecule has 1 aliphatic rings. The van der Waals surface area contributed by atoms with E-state index < -0.39 is 0 Å². The van der Waals surface area contributed by atoms with Crippen LogP contribution in [0.5, 0.6) is 0 Å². The SMILES string of the molecule is CC(CO)CCCNC1CCSC1C. The summed E-state index contributed by atoms with van der Waals surface area (Å²) < 4.78 is 0. The second kappa shape index (κ2) is 6.70. The number of hydrogen-bond acceptors (Lipinski definition) is 3. The summed E-state index contributed by atoms with van der Waals surface area (Å²) in [5, 5.41) is 13.3. The highest BCUT2D eigenvalue weighted by Crippen LogP contribution is 2.25. The zero-order valence-electron chi connectivity index (χ0n) is 9.33. The molecular formula is C11H23NOS. The first-order valence-electron chi connectivity index (χ1n) is 5.70. The van der Waals surface area contributed by atoms with Crippen LogP contribution in [0, 0.1) is 5.92 Å². The van der Waals surface area contributed by atoms with Crippen LogP contribution in [0.2, 0.25) is 0 Å². The van der Waals surface area contributed by atoms with Crippen molar-refractivity contribution >= 4 is 11.8 Å². The Morgan fingerprint density at radius 1 is 1.57 bits per heavy atom. The Hall–Kier alpha value is 0.270. The molecule has 1 saturated heterocycles. The average molecular weight is 217 g/mol. The van der Waals surface area contributed by atoms with Gasteiger partial charge in [0.15, 0.2) is 0 Å². The summed E-state index contributed by atoms with van der Waals surface area (Å²) in [6, 6.07) is 0.726. The molecule has 84 valence electrons. The maximum atomic E-state index is 8.86. The fraction of sp³-hybridized carbons (Fsp3) is 1.00. The predicted octanol–water partition coefficient (Wildman–Crippen LogP) is 1.88. The van der Waals surface area contributed by atoms with E-state index in [0.29, 0.717) is 12.5 Å². The average Bonchev–Trinajstić information content (AvgIpc) is 2.58. The molecule has 0 aromatic carbocycles. The molecule has 2 N–H and O–H groups in total. The van der Waals surface area contributed by atoms with Gasteiger partial charge >= 0.3 is 0 Å². The Morgan fingerprint density at radius 3 is 2.93 bits per heavy atom. The Balaban J connectivity index is 1.98. The van der Waals surface area contributed by atoms with Gasteiger partial charge in [0.05, 0.1) is 0 Å². The summed E-state index contributed by atoms with van der Waals surface area (Å²) in [5.74, 6) is 1.78. The summed E-state index contributed by atoms with van der Waals surface area (Å²) in [6.45, 7) is 5.86. The summed E-state index contributed by atoms with van der Waals surface area (Å²) in [5.41, 5.74) is 0. The first kappa shape index (κ1) is 12.3. The van der Waals surface area contributed by atoms with Crippen LogP contribution in [0.15, 0.2) is 0 Å². The highest BCUT2D eigenvalue weighted by molar-refractivity contribution is 8.00. The third kappa shape index (κ3) is 4.20. The monoisotopic (exact) mass is 217 g/mol. The van der Waals surface area contributed by atoms with Gasteiger partial charge < -0.3 is 10.4 Å². The number of aliphatic hydroxyl groups excluding tert-OH is 1. The van der Waals surface area contributed by atoms with Crippen molar-refractivity contribution in [3.63, 3.8) is 0 Å². The fourth-order valence-corrected chi connectivity index (χ4v) is 3.06. The van der Waals surface area contributed by atoms with Crippen LogP contribution in [-0.2, 0) is 0 Å². The molecule has 0 bridgehead atoms. The van der Waals surface area contributed by atoms with Crippen LogP contribution >= 0.6 is 11.8 Å². The van der Waals surface area contributed by atoms with Gasteiger partial charge in [-0.25, -0.2) is 0 Å². The zero-order valence-corrected chi connectivity index (χ0v) is 10.1. The van der Waals surface area contributed by atoms with E-state index in [4.69, 9.17) is 5.11 Å². The van der Waals surface area contributed by atoms with Crippen LogP contribution < -0.4 is 5.32 Å². The maximum absolute atomic E-state index is 8.86. The van der Waals surface area contributed by atoms with Crippen molar-refractivity contribution in [1.82, 2.24) is 5.32 Å². The molecule has 0 aliphatic carbocycles. The Kier molecular flexibility index (Phi) is 5.90. The van der Waals surface area contributed by atoms with Crippen LogP contribution in [-0.4, -0.2) is 35.3 Å². The van der Waals surface area contributed by atoms with Gasteiger partial charge in [0.2, 0.25) is 0 Å². The van der Waals surface area contributed by atoms with Crippen molar-refractivity contribution in [2.24, 2.45) is 5.92 Å². The third-order valence-corrected chi connectivity index (χ3v) is 4.29. The molecule has 1 fully saturated rings. The minimum Gasteiger partial charge on any atom is -0.396 e. The summed E-state index contributed by atoms with van der Waals surface area (Å²) in [4.78, 5) is 0. The lowest BCUT2D eigenvalue weighted by Gasteiger charge is -2.16. The molecule has 1 aliphatic heterocycles. The molecule has 0 amide bonds. The van der Waals surface area contributed by atoms with Crippen molar-refractivity contribution in [2.75, 3.05) is 18.9 Å². The highest BCUT2D eigenvalue weighted by Gasteiger charge is 2.22. The van der Waals surface area contributed by atoms with E-state index in [1.807, 2.05) is 0 Å². The van der Waals surface area contributed by atoms with Gasteiger partial charge in [-0.1, -0.05) is 13.8 Å². The van der Waals surface area contributed by atoms with Crippen LogP contribution in [0.3, 0.4) is 0 Å². The zero-order chi connectivity index (χ0) is 10.4. The normalized spacial score (nSPS) is 29.4. The second-order valence-corrected chi connectivity index (χ2v) is 5.84. The molecular weight excluding hydrogens is 194 g/mol. The van der Waals surface area contributed by atoms with Gasteiger partial charge in [0, 0.05) is 17.9 Å². The molecule has 0 radical (unpaired) electrons. The minimum atomic E-state index is 0.329. The standard InChI is InChI=1S/C11H23NOS/c1-9(8-13)4-3-6-12-11-5-7-14-10(11)2/h9-13H,3-8H2,1-2H3. The smallest absolute Gasteiger partial charge is 0.0456 e. The van der Waals surface area contributed by atoms with Gasteiger partial charge in [0.25, 0.3) is 0 Å². The van der Waals surface area contributed by atoms with E-state index >= 15 is 0 Å². The molecule has 0 aromatic rings. The van der Waals surface area contributed by atoms with Crippen molar-refractivity contribution in [1.29, 1.82) is 0 Å². The first-order chi connectivity index (χ1) is 6.74. The van der Waals surface area contributed by atoms with Crippen molar-refractivity contribution in [3.8, 4) is 0 Å². The summed E-state index contributed by atoms with van der Waals surface area (Å²) >= 11 is 2.07. The van der Waals surface area contributed by atoms with E-state index in [2.05, 4.69) is 30.9 Å². The Morgan fingerprint density at radius 2 is 2.36 bits per heavy atom. The lowest BCUT2D eigenvalue weighted by atomic mass is 10.1. The van der Waals surface area contributed by atoms with E-state index in [-0.39, 0.29) is 0 Å². The lowest BCUT2D eigenvalue weighted by molar-refractivity contribution is 0.227. The summed E-state index contributed by atoms with van der Waals surface area (Å²) in [7, 11) is 0. The van der Waals surface area contributed by atoms with Crippen LogP contribution in [0.4, 0.5) is 0 Å². The van der Waals surface area contributed by atoms with Gasteiger partial charge in [-0.05, 0) is 37.5 Å². The molecule has 0 spiro atoms. The topological polar surface area (TPSA) is 32.3 Å². The third-order valence-electron chi connectivity index (χ3n) is 2.97. The largest absolute Gasteiger partial charge is 0.396 e. The minimum absolute atomic E-state index is 0.329. The molecule has 1 heterocycles. The number of aliphatic hydroxyl groups is 1. The molecule has 3 heteroatoms.